The van der Waals surface area contributed by atoms with Crippen LogP contribution in [0.3, 0.4) is 0 Å². The number of esters is 2. The van der Waals surface area contributed by atoms with Crippen LogP contribution >= 0.6 is 7.52 Å². The maximum atomic E-state index is 14.1. The van der Waals surface area contributed by atoms with Crippen LogP contribution in [0.15, 0.2) is 36.9 Å². The molecule has 0 saturated heterocycles. The standard InChI is InChI=1S/C28H41N6O7P/c1-7-12-38-27(36)28(5,6)33-42(37,40-13-11-21-9-8-10-22(14-21)26(35)41-19(2)3)18-39-20(4)15-34-17-32-23-24(29)30-16-31-25(23)34/h8-10,14,16-17,19-20H,7,11-13,15,18H2,1-6H3,(H,33,37)(H2,29,30,31)/t20-,42?/m1/s1. The second kappa shape index (κ2) is 14.7. The van der Waals surface area contributed by atoms with Crippen LogP contribution in [0.1, 0.15) is 63.9 Å². The number of anilines is 1. The fourth-order valence-corrected chi connectivity index (χ4v) is 5.97. The molecule has 0 aliphatic carbocycles. The van der Waals surface area contributed by atoms with Gasteiger partial charge in [-0.2, -0.15) is 0 Å². The lowest BCUT2D eigenvalue weighted by Gasteiger charge is -2.30. The van der Waals surface area contributed by atoms with Crippen LogP contribution in [0.4, 0.5) is 5.82 Å². The number of rotatable bonds is 16. The van der Waals surface area contributed by atoms with E-state index in [0.29, 0.717) is 36.1 Å². The molecule has 14 heteroatoms. The van der Waals surface area contributed by atoms with Crippen molar-refractivity contribution in [2.45, 2.75) is 78.7 Å². The summed E-state index contributed by atoms with van der Waals surface area (Å²) >= 11 is 0. The van der Waals surface area contributed by atoms with Crippen molar-refractivity contribution < 1.29 is 32.9 Å². The number of carbonyl (C=O) groups is 2. The molecule has 230 valence electrons. The lowest BCUT2D eigenvalue weighted by Crippen LogP contribution is -2.47. The molecule has 2 heterocycles. The van der Waals surface area contributed by atoms with E-state index in [1.807, 2.05) is 19.9 Å². The number of nitrogens with one attached hydrogen (secondary N) is 1. The van der Waals surface area contributed by atoms with E-state index in [4.69, 9.17) is 24.5 Å². The van der Waals surface area contributed by atoms with E-state index in [-0.39, 0.29) is 31.5 Å². The molecule has 0 saturated carbocycles. The van der Waals surface area contributed by atoms with E-state index in [9.17, 15) is 14.2 Å². The number of benzene rings is 1. The summed E-state index contributed by atoms with van der Waals surface area (Å²) in [5, 5.41) is 2.87. The molecule has 0 aliphatic heterocycles. The van der Waals surface area contributed by atoms with Gasteiger partial charge in [-0.3, -0.25) is 9.36 Å². The third-order valence-electron chi connectivity index (χ3n) is 6.01. The van der Waals surface area contributed by atoms with Crippen molar-refractivity contribution >= 4 is 36.4 Å². The Hall–Kier alpha value is -3.38. The molecule has 0 aliphatic rings. The van der Waals surface area contributed by atoms with Crippen LogP contribution in [0.5, 0.6) is 0 Å². The Balaban J connectivity index is 1.70. The first-order valence-corrected chi connectivity index (χ1v) is 15.7. The fraction of sp³-hybridized carbons (Fsp3) is 0.536. The van der Waals surface area contributed by atoms with Gasteiger partial charge in [-0.1, -0.05) is 19.1 Å². The third kappa shape index (κ3) is 9.32. The van der Waals surface area contributed by atoms with Crippen LogP contribution < -0.4 is 10.8 Å². The minimum atomic E-state index is -3.75. The molecule has 0 amide bonds. The number of aromatic nitrogens is 4. The highest BCUT2D eigenvalue weighted by Crippen LogP contribution is 2.45. The van der Waals surface area contributed by atoms with Crippen molar-refractivity contribution in [1.82, 2.24) is 24.6 Å². The third-order valence-corrected chi connectivity index (χ3v) is 7.99. The van der Waals surface area contributed by atoms with Gasteiger partial charge in [-0.25, -0.2) is 24.8 Å². The van der Waals surface area contributed by atoms with Gasteiger partial charge in [0.2, 0.25) is 0 Å². The molecular formula is C28H41N6O7P. The van der Waals surface area contributed by atoms with Gasteiger partial charge in [0.1, 0.15) is 23.7 Å². The number of fused-ring (bicyclic) bond motifs is 1. The first-order valence-electron chi connectivity index (χ1n) is 13.9. The zero-order chi connectivity index (χ0) is 30.9. The molecule has 0 fully saturated rings. The van der Waals surface area contributed by atoms with Gasteiger partial charge in [-0.15, -0.1) is 0 Å². The second-order valence-corrected chi connectivity index (χ2v) is 12.8. The number of nitrogens with zero attached hydrogens (tertiary/aromatic N) is 4. The quantitative estimate of drug-likeness (QED) is 0.177. The van der Waals surface area contributed by atoms with Gasteiger partial charge in [0.15, 0.2) is 11.5 Å². The first kappa shape index (κ1) is 33.1. The minimum absolute atomic E-state index is 0.0349. The van der Waals surface area contributed by atoms with Crippen LogP contribution in [0.25, 0.3) is 11.2 Å². The molecule has 1 unspecified atom stereocenters. The van der Waals surface area contributed by atoms with E-state index in [1.165, 1.54) is 6.33 Å². The molecule has 0 spiro atoms. The lowest BCUT2D eigenvalue weighted by molar-refractivity contribution is -0.149. The van der Waals surface area contributed by atoms with E-state index in [2.05, 4.69) is 20.0 Å². The Morgan fingerprint density at radius 2 is 1.90 bits per heavy atom. The molecule has 0 bridgehead atoms. The number of nitrogen functional groups attached to an aromatic ring is 1. The zero-order valence-electron chi connectivity index (χ0n) is 25.0. The molecule has 42 heavy (non-hydrogen) atoms. The van der Waals surface area contributed by atoms with Crippen molar-refractivity contribution in [1.29, 1.82) is 0 Å². The van der Waals surface area contributed by atoms with E-state index in [0.717, 1.165) is 5.56 Å². The van der Waals surface area contributed by atoms with Crippen molar-refractivity contribution in [2.75, 3.05) is 25.3 Å². The van der Waals surface area contributed by atoms with Gasteiger partial charge < -0.3 is 29.0 Å². The zero-order valence-corrected chi connectivity index (χ0v) is 25.9. The maximum absolute atomic E-state index is 14.1. The fourth-order valence-electron chi connectivity index (χ4n) is 3.98. The number of ether oxygens (including phenoxy) is 3. The summed E-state index contributed by atoms with van der Waals surface area (Å²) in [6, 6.07) is 6.97. The summed E-state index contributed by atoms with van der Waals surface area (Å²) in [4.78, 5) is 37.4. The average Bonchev–Trinajstić information content (AvgIpc) is 3.34. The number of hydrogen-bond acceptors (Lipinski definition) is 11. The Labute approximate surface area is 246 Å². The van der Waals surface area contributed by atoms with E-state index in [1.54, 1.807) is 56.8 Å². The summed E-state index contributed by atoms with van der Waals surface area (Å²) in [6.45, 7) is 11.0. The molecule has 1 aromatic carbocycles. The maximum Gasteiger partial charge on any atom is 0.338 e. The van der Waals surface area contributed by atoms with Crippen LogP contribution in [-0.4, -0.2) is 68.8 Å². The highest BCUT2D eigenvalue weighted by molar-refractivity contribution is 7.56. The molecular weight excluding hydrogens is 563 g/mol. The van der Waals surface area contributed by atoms with Crippen molar-refractivity contribution in [3.63, 3.8) is 0 Å². The lowest BCUT2D eigenvalue weighted by atomic mass is 10.1. The van der Waals surface area contributed by atoms with Gasteiger partial charge in [0, 0.05) is 0 Å². The Morgan fingerprint density at radius 1 is 1.14 bits per heavy atom. The highest BCUT2D eigenvalue weighted by Gasteiger charge is 2.38. The number of imidazole rings is 1. The monoisotopic (exact) mass is 604 g/mol. The molecule has 2 aromatic heterocycles. The first-order chi connectivity index (χ1) is 19.8. The largest absolute Gasteiger partial charge is 0.464 e. The summed E-state index contributed by atoms with van der Waals surface area (Å²) < 4.78 is 38.3. The van der Waals surface area contributed by atoms with Crippen molar-refractivity contribution in [3.05, 3.63) is 48.0 Å². The number of carbonyl (C=O) groups excluding carboxylic acids is 2. The van der Waals surface area contributed by atoms with Crippen molar-refractivity contribution in [3.8, 4) is 0 Å². The minimum Gasteiger partial charge on any atom is -0.464 e. The predicted molar refractivity (Wildman–Crippen MR) is 158 cm³/mol. The number of nitrogens with two attached hydrogens (primary N) is 1. The van der Waals surface area contributed by atoms with Gasteiger partial charge in [-0.05, 0) is 65.2 Å². The topological polar surface area (TPSA) is 170 Å². The molecule has 3 aromatic rings. The smallest absolute Gasteiger partial charge is 0.338 e. The summed E-state index contributed by atoms with van der Waals surface area (Å²) in [5.74, 6) is -0.705. The SMILES string of the molecule is CCCOC(=O)C(C)(C)NP(=O)(CO[C@H](C)Cn1cnc2c(N)ncnc21)OCCc1cccc(C(=O)OC(C)C)c1. The normalized spacial score (nSPS) is 14.1. The second-order valence-electron chi connectivity index (χ2n) is 10.7. The summed E-state index contributed by atoms with van der Waals surface area (Å²) in [7, 11) is -3.75. The van der Waals surface area contributed by atoms with Crippen LogP contribution in [-0.2, 0) is 41.1 Å². The van der Waals surface area contributed by atoms with Crippen LogP contribution in [0.2, 0.25) is 0 Å². The Bertz CT molecular complexity index is 1410. The van der Waals surface area contributed by atoms with Gasteiger partial charge in [0.05, 0.1) is 43.9 Å². The molecule has 3 rings (SSSR count). The van der Waals surface area contributed by atoms with Gasteiger partial charge >= 0.3 is 11.9 Å². The summed E-state index contributed by atoms with van der Waals surface area (Å²) in [5.41, 5.74) is 6.81. The van der Waals surface area contributed by atoms with Gasteiger partial charge in [0.25, 0.3) is 7.52 Å². The Kier molecular flexibility index (Phi) is 11.6. The Morgan fingerprint density at radius 3 is 2.62 bits per heavy atom. The number of hydrogen-bond donors (Lipinski definition) is 2. The molecule has 2 atom stereocenters. The predicted octanol–water partition coefficient (Wildman–Crippen LogP) is 4.11. The molecule has 0 radical (unpaired) electrons. The van der Waals surface area contributed by atoms with Crippen LogP contribution in [0, 0.1) is 0 Å². The molecule has 3 N–H and O–H groups in total. The van der Waals surface area contributed by atoms with E-state index < -0.39 is 31.1 Å². The van der Waals surface area contributed by atoms with Crippen molar-refractivity contribution in [2.24, 2.45) is 0 Å². The molecule has 13 nitrogen and oxygen atoms in total. The van der Waals surface area contributed by atoms with E-state index >= 15 is 0 Å². The average molecular weight is 605 g/mol. The summed E-state index contributed by atoms with van der Waals surface area (Å²) in [6.07, 6.45) is 2.96. The highest BCUT2D eigenvalue weighted by atomic mass is 31.2.